The van der Waals surface area contributed by atoms with E-state index in [4.69, 9.17) is 10.6 Å². The van der Waals surface area contributed by atoms with Crippen molar-refractivity contribution in [3.8, 4) is 5.88 Å². The van der Waals surface area contributed by atoms with Gasteiger partial charge in [-0.1, -0.05) is 0 Å². The summed E-state index contributed by atoms with van der Waals surface area (Å²) in [5, 5.41) is 11.7. The van der Waals surface area contributed by atoms with Crippen LogP contribution in [0.2, 0.25) is 0 Å². The Bertz CT molecular complexity index is 1020. The van der Waals surface area contributed by atoms with E-state index in [1.165, 1.54) is 13.0 Å². The summed E-state index contributed by atoms with van der Waals surface area (Å²) in [4.78, 5) is 20.8. The molecule has 1 amide bonds. The van der Waals surface area contributed by atoms with Crippen LogP contribution in [-0.4, -0.2) is 50.6 Å². The lowest BCUT2D eigenvalue weighted by Gasteiger charge is -2.26. The third kappa shape index (κ3) is 5.53. The Morgan fingerprint density at radius 3 is 2.68 bits per heavy atom. The topological polar surface area (TPSA) is 119 Å². The molecule has 0 fully saturated rings. The van der Waals surface area contributed by atoms with Crippen LogP contribution in [0, 0.1) is 0 Å². The molecule has 12 heteroatoms. The van der Waals surface area contributed by atoms with Gasteiger partial charge in [0.1, 0.15) is 18.0 Å². The van der Waals surface area contributed by atoms with E-state index in [1.807, 2.05) is 0 Å². The number of hydrogen-bond acceptors (Lipinski definition) is 8. The second-order valence-electron chi connectivity index (χ2n) is 6.81. The zero-order valence-corrected chi connectivity index (χ0v) is 16.8. The van der Waals surface area contributed by atoms with E-state index in [2.05, 4.69) is 25.3 Å². The predicted molar refractivity (Wildman–Crippen MR) is 106 cm³/mol. The van der Waals surface area contributed by atoms with Crippen LogP contribution >= 0.6 is 0 Å². The molecular weight excluding hydrogens is 415 g/mol. The molecule has 1 aliphatic rings. The first-order valence-corrected chi connectivity index (χ1v) is 9.27. The summed E-state index contributed by atoms with van der Waals surface area (Å²) < 4.78 is 43.7. The zero-order chi connectivity index (χ0) is 22.6. The largest absolute Gasteiger partial charge is 0.470 e. The van der Waals surface area contributed by atoms with E-state index < -0.39 is 11.9 Å². The lowest BCUT2D eigenvalue weighted by Crippen LogP contribution is -2.35. The monoisotopic (exact) mass is 435 g/mol. The van der Waals surface area contributed by atoms with Crippen LogP contribution in [0.1, 0.15) is 30.8 Å². The third-order valence-electron chi connectivity index (χ3n) is 4.65. The molecule has 9 nitrogen and oxygen atoms in total. The lowest BCUT2D eigenvalue weighted by atomic mass is 10.1. The number of carbonyl (C=O) groups is 1. The maximum Gasteiger partial charge on any atom is 0.433 e. The first kappa shape index (κ1) is 22.1. The Morgan fingerprint density at radius 1 is 1.29 bits per heavy atom. The first-order chi connectivity index (χ1) is 14.7. The van der Waals surface area contributed by atoms with E-state index in [0.29, 0.717) is 36.6 Å². The number of carbonyl (C=O) groups excluding carboxylic acids is 1. The van der Waals surface area contributed by atoms with Gasteiger partial charge in [-0.05, 0) is 31.0 Å². The van der Waals surface area contributed by atoms with Crippen LogP contribution in [0.25, 0.3) is 0 Å². The van der Waals surface area contributed by atoms with Crippen LogP contribution in [0.3, 0.4) is 0 Å². The summed E-state index contributed by atoms with van der Waals surface area (Å²) in [5.41, 5.74) is 1.45. The highest BCUT2D eigenvalue weighted by atomic mass is 19.4. The molecule has 0 unspecified atom stereocenters. The van der Waals surface area contributed by atoms with E-state index in [1.54, 1.807) is 17.9 Å². The fourth-order valence-corrected chi connectivity index (χ4v) is 2.85. The number of pyridine rings is 1. The van der Waals surface area contributed by atoms with E-state index in [0.717, 1.165) is 17.8 Å². The van der Waals surface area contributed by atoms with Crippen LogP contribution < -0.4 is 10.6 Å². The van der Waals surface area contributed by atoms with Crippen molar-refractivity contribution in [2.24, 2.45) is 15.9 Å². The number of aromatic nitrogens is 3. The summed E-state index contributed by atoms with van der Waals surface area (Å²) in [6, 6.07) is 3.77. The van der Waals surface area contributed by atoms with Crippen molar-refractivity contribution in [3.63, 3.8) is 0 Å². The van der Waals surface area contributed by atoms with Gasteiger partial charge in [0.2, 0.25) is 11.8 Å². The summed E-state index contributed by atoms with van der Waals surface area (Å²) in [7, 11) is 0. The van der Waals surface area contributed by atoms with Crippen molar-refractivity contribution < 1.29 is 22.7 Å². The quantitative estimate of drug-likeness (QED) is 0.437. The summed E-state index contributed by atoms with van der Waals surface area (Å²) in [5.74, 6) is 5.56. The van der Waals surface area contributed by atoms with Gasteiger partial charge >= 0.3 is 6.18 Å². The Kier molecular flexibility index (Phi) is 6.47. The van der Waals surface area contributed by atoms with Crippen LogP contribution in [-0.2, 0) is 23.9 Å². The molecule has 3 heterocycles. The SMILES string of the molecule is CC(=O)N1CCc2cc(OCC(=Nc3ccc(C(F)(F)F)nc3)/C(C)=N\N)nnc2C1. The van der Waals surface area contributed by atoms with Crippen molar-refractivity contribution in [3.05, 3.63) is 41.3 Å². The fourth-order valence-electron chi connectivity index (χ4n) is 2.85. The Morgan fingerprint density at radius 2 is 2.06 bits per heavy atom. The molecular formula is C19H20F3N7O2. The van der Waals surface area contributed by atoms with E-state index >= 15 is 0 Å². The lowest BCUT2D eigenvalue weighted by molar-refractivity contribution is -0.141. The second-order valence-corrected chi connectivity index (χ2v) is 6.81. The molecule has 0 bridgehead atoms. The van der Waals surface area contributed by atoms with Gasteiger partial charge in [0.05, 0.1) is 29.8 Å². The van der Waals surface area contributed by atoms with Gasteiger partial charge in [0.15, 0.2) is 0 Å². The van der Waals surface area contributed by atoms with Gasteiger partial charge in [-0.25, -0.2) is 9.98 Å². The fraction of sp³-hybridized carbons (Fsp3) is 0.368. The Balaban J connectivity index is 1.74. The second kappa shape index (κ2) is 9.06. The predicted octanol–water partition coefficient (Wildman–Crippen LogP) is 2.28. The molecule has 0 radical (unpaired) electrons. The van der Waals surface area contributed by atoms with Crippen molar-refractivity contribution in [1.82, 2.24) is 20.1 Å². The average Bonchev–Trinajstić information content (AvgIpc) is 2.75. The van der Waals surface area contributed by atoms with Gasteiger partial charge in [-0.2, -0.15) is 18.3 Å². The van der Waals surface area contributed by atoms with Crippen molar-refractivity contribution in [2.45, 2.75) is 33.0 Å². The molecule has 2 aromatic rings. The molecule has 164 valence electrons. The molecule has 0 aromatic carbocycles. The highest BCUT2D eigenvalue weighted by Gasteiger charge is 2.32. The minimum absolute atomic E-state index is 0.0251. The summed E-state index contributed by atoms with van der Waals surface area (Å²) in [6.45, 7) is 3.99. The summed E-state index contributed by atoms with van der Waals surface area (Å²) >= 11 is 0. The van der Waals surface area contributed by atoms with Crippen molar-refractivity contribution in [2.75, 3.05) is 13.2 Å². The van der Waals surface area contributed by atoms with Crippen molar-refractivity contribution in [1.29, 1.82) is 0 Å². The molecule has 0 saturated carbocycles. The number of rotatable bonds is 5. The molecule has 3 rings (SSSR count). The maximum atomic E-state index is 12.7. The minimum Gasteiger partial charge on any atom is -0.470 e. The molecule has 1 aliphatic heterocycles. The number of amides is 1. The van der Waals surface area contributed by atoms with E-state index in [9.17, 15) is 18.0 Å². The normalized spacial score (nSPS) is 14.9. The number of nitrogens with zero attached hydrogens (tertiary/aromatic N) is 6. The van der Waals surface area contributed by atoms with Crippen molar-refractivity contribution >= 4 is 23.0 Å². The van der Waals surface area contributed by atoms with Gasteiger partial charge in [0.25, 0.3) is 0 Å². The molecule has 2 aromatic heterocycles. The highest BCUT2D eigenvalue weighted by molar-refractivity contribution is 6.42. The number of hydrogen-bond donors (Lipinski definition) is 1. The number of ether oxygens (including phenoxy) is 1. The van der Waals surface area contributed by atoms with Gasteiger partial charge in [0, 0.05) is 19.5 Å². The average molecular weight is 435 g/mol. The smallest absolute Gasteiger partial charge is 0.433 e. The standard InChI is InChI=1S/C19H20F3N7O2/c1-11(26-23)16(25-14-3-4-17(24-8-14)19(20,21)22)10-31-18-7-13-5-6-29(12(2)30)9-15(13)27-28-18/h3-4,7-8H,5-6,9-10,23H2,1-2H3/b25-16?,26-11-. The number of halogens is 3. The zero-order valence-electron chi connectivity index (χ0n) is 16.8. The van der Waals surface area contributed by atoms with Crippen LogP contribution in [0.15, 0.2) is 34.5 Å². The summed E-state index contributed by atoms with van der Waals surface area (Å²) in [6.07, 6.45) is -2.90. The molecule has 31 heavy (non-hydrogen) atoms. The third-order valence-corrected chi connectivity index (χ3v) is 4.65. The van der Waals surface area contributed by atoms with Gasteiger partial charge < -0.3 is 15.5 Å². The molecule has 0 spiro atoms. The number of aliphatic imine (C=N–C) groups is 1. The highest BCUT2D eigenvalue weighted by Crippen LogP contribution is 2.28. The number of alkyl halides is 3. The number of fused-ring (bicyclic) bond motifs is 1. The first-order valence-electron chi connectivity index (χ1n) is 9.27. The molecule has 0 saturated heterocycles. The minimum atomic E-state index is -4.53. The molecule has 0 aliphatic carbocycles. The van der Waals surface area contributed by atoms with Crippen LogP contribution in [0.4, 0.5) is 18.9 Å². The van der Waals surface area contributed by atoms with Gasteiger partial charge in [-0.15, -0.1) is 10.2 Å². The number of hydrazone groups is 1. The van der Waals surface area contributed by atoms with Crippen LogP contribution in [0.5, 0.6) is 5.88 Å². The molecule has 2 N–H and O–H groups in total. The Labute approximate surface area is 175 Å². The molecule has 0 atom stereocenters. The maximum absolute atomic E-state index is 12.7. The van der Waals surface area contributed by atoms with Gasteiger partial charge in [-0.3, -0.25) is 4.79 Å². The number of nitrogens with two attached hydrogens (primary N) is 1. The van der Waals surface area contributed by atoms with E-state index in [-0.39, 0.29) is 24.1 Å². The Hall–Kier alpha value is -3.57.